The van der Waals surface area contributed by atoms with Crippen LogP contribution in [0.3, 0.4) is 0 Å². The lowest BCUT2D eigenvalue weighted by Crippen LogP contribution is -3.00. The van der Waals surface area contributed by atoms with Gasteiger partial charge in [-0.3, -0.25) is 14.4 Å². The van der Waals surface area contributed by atoms with Crippen LogP contribution in [0.25, 0.3) is 0 Å². The Kier molecular flexibility index (Phi) is 12.6. The van der Waals surface area contributed by atoms with Crippen molar-refractivity contribution in [2.45, 2.75) is 39.3 Å². The molecule has 0 radical (unpaired) electrons. The number of rotatable bonds is 12. The fraction of sp³-hybridized carbons (Fsp3) is 0.140. The zero-order chi connectivity index (χ0) is 31.2. The lowest BCUT2D eigenvalue weighted by atomic mass is 10.1. The predicted molar refractivity (Wildman–Crippen MR) is 190 cm³/mol. The number of hydrogen-bond donors (Lipinski definition) is 0. The largest absolute Gasteiger partial charge is 1.00 e. The van der Waals surface area contributed by atoms with E-state index in [1.54, 1.807) is 0 Å². The highest BCUT2D eigenvalue weighted by atomic mass is 79.9. The molecule has 6 aromatic rings. The van der Waals surface area contributed by atoms with E-state index in [1.807, 2.05) is 0 Å². The molecule has 0 spiro atoms. The summed E-state index contributed by atoms with van der Waals surface area (Å²) in [6.07, 6.45) is 0. The number of benzene rings is 6. The van der Waals surface area contributed by atoms with Gasteiger partial charge in [-0.05, 0) is 33.4 Å². The maximum atomic E-state index is 2.59. The molecule has 0 atom stereocenters. The van der Waals surface area contributed by atoms with Gasteiger partial charge in [0.15, 0.2) is 0 Å². The molecule has 0 aliphatic carbocycles. The van der Waals surface area contributed by atoms with Crippen molar-refractivity contribution in [1.29, 1.82) is 0 Å². The van der Waals surface area contributed by atoms with Crippen LogP contribution >= 0.6 is 0 Å². The van der Waals surface area contributed by atoms with Crippen molar-refractivity contribution in [3.8, 4) is 0 Å². The standard InChI is InChI=1S/C43H42N3.BrH/c1-7-19-37(20-8-1)31-44(32-38-21-9-2-10-22-38)43(45(33-39-23-11-3-12-24-39)34-40-25-13-4-14-26-40)46(35-41-27-15-5-16-28-41)36-42-29-17-6-18-30-42;/h1-30H,31-36H2;1H/q+1;/p-1. The van der Waals surface area contributed by atoms with Crippen LogP contribution in [0.5, 0.6) is 0 Å². The third-order valence-electron chi connectivity index (χ3n) is 8.15. The Balaban J connectivity index is 0.00000433. The average Bonchev–Trinajstić information content (AvgIpc) is 3.11. The second kappa shape index (κ2) is 17.7. The Morgan fingerprint density at radius 2 is 0.532 bits per heavy atom. The molecule has 0 saturated carbocycles. The van der Waals surface area contributed by atoms with Gasteiger partial charge in [0, 0.05) is 0 Å². The van der Waals surface area contributed by atoms with Crippen LogP contribution < -0.4 is 17.0 Å². The van der Waals surface area contributed by atoms with Gasteiger partial charge in [-0.1, -0.05) is 182 Å². The van der Waals surface area contributed by atoms with Crippen LogP contribution in [0, 0.1) is 0 Å². The zero-order valence-corrected chi connectivity index (χ0v) is 28.4. The highest BCUT2D eigenvalue weighted by Gasteiger charge is 2.31. The summed E-state index contributed by atoms with van der Waals surface area (Å²) in [5, 5.41) is 0. The van der Waals surface area contributed by atoms with Crippen LogP contribution in [0.4, 0.5) is 0 Å². The molecule has 0 saturated heterocycles. The quantitative estimate of drug-likeness (QED) is 0.0871. The summed E-state index contributed by atoms with van der Waals surface area (Å²) in [5.74, 6) is 1.22. The van der Waals surface area contributed by atoms with Gasteiger partial charge in [-0.25, -0.2) is 0 Å². The van der Waals surface area contributed by atoms with Crippen LogP contribution in [0.1, 0.15) is 33.4 Å². The van der Waals surface area contributed by atoms with Crippen molar-refractivity contribution in [3.63, 3.8) is 0 Å². The highest BCUT2D eigenvalue weighted by Crippen LogP contribution is 2.20. The van der Waals surface area contributed by atoms with Crippen molar-refractivity contribution in [2.75, 3.05) is 0 Å². The molecule has 0 heterocycles. The van der Waals surface area contributed by atoms with E-state index >= 15 is 0 Å². The minimum Gasteiger partial charge on any atom is -1.00 e. The van der Waals surface area contributed by atoms with Crippen LogP contribution in [-0.2, 0) is 39.3 Å². The van der Waals surface area contributed by atoms with Gasteiger partial charge in [-0.2, -0.15) is 0 Å². The molecule has 3 nitrogen and oxygen atoms in total. The van der Waals surface area contributed by atoms with Crippen molar-refractivity contribution < 1.29 is 21.6 Å². The molecule has 236 valence electrons. The van der Waals surface area contributed by atoms with Crippen LogP contribution in [-0.4, -0.2) is 20.3 Å². The van der Waals surface area contributed by atoms with Crippen molar-refractivity contribution >= 4 is 5.96 Å². The minimum absolute atomic E-state index is 0. The van der Waals surface area contributed by atoms with E-state index in [0.29, 0.717) is 0 Å². The molecule has 6 aromatic carbocycles. The summed E-state index contributed by atoms with van der Waals surface area (Å²) in [6, 6.07) is 65.3. The second-order valence-electron chi connectivity index (χ2n) is 11.8. The molecule has 0 aliphatic heterocycles. The maximum Gasteiger partial charge on any atom is 0.352 e. The number of guanidine groups is 1. The van der Waals surface area contributed by atoms with Crippen molar-refractivity contribution in [1.82, 2.24) is 9.80 Å². The number of hydrogen-bond acceptors (Lipinski definition) is 0. The molecule has 0 N–H and O–H groups in total. The Bertz CT molecular complexity index is 1550. The SMILES string of the molecule is [Br-].c1ccc(CN(Cc2ccccc2)C(N(Cc2ccccc2)Cc2ccccc2)=[N+](Cc2ccccc2)Cc2ccccc2)cc1. The van der Waals surface area contributed by atoms with Crippen LogP contribution in [0.15, 0.2) is 182 Å². The summed E-state index contributed by atoms with van der Waals surface area (Å²) in [5.41, 5.74) is 7.72. The predicted octanol–water partition coefficient (Wildman–Crippen LogP) is 6.16. The Morgan fingerprint density at radius 1 is 0.319 bits per heavy atom. The van der Waals surface area contributed by atoms with E-state index in [0.717, 1.165) is 39.3 Å². The first-order chi connectivity index (χ1) is 22.8. The van der Waals surface area contributed by atoms with Crippen molar-refractivity contribution in [3.05, 3.63) is 215 Å². The van der Waals surface area contributed by atoms with Crippen molar-refractivity contribution in [2.24, 2.45) is 0 Å². The first-order valence-corrected chi connectivity index (χ1v) is 16.2. The summed E-state index contributed by atoms with van der Waals surface area (Å²) < 4.78 is 2.59. The number of halogens is 1. The first kappa shape index (κ1) is 33.4. The molecule has 6 rings (SSSR count). The molecule has 0 aliphatic rings. The van der Waals surface area contributed by atoms with E-state index in [-0.39, 0.29) is 17.0 Å². The fourth-order valence-corrected chi connectivity index (χ4v) is 6.01. The van der Waals surface area contributed by atoms with Gasteiger partial charge < -0.3 is 17.0 Å². The van der Waals surface area contributed by atoms with Gasteiger partial charge in [0.1, 0.15) is 0 Å². The molecule has 47 heavy (non-hydrogen) atoms. The molecule has 0 unspecified atom stereocenters. The molecule has 0 fully saturated rings. The zero-order valence-electron chi connectivity index (χ0n) is 26.8. The maximum absolute atomic E-state index is 2.59. The molecule has 0 bridgehead atoms. The lowest BCUT2D eigenvalue weighted by molar-refractivity contribution is -0.570. The third kappa shape index (κ3) is 10.0. The molecular weight excluding hydrogens is 638 g/mol. The van der Waals surface area contributed by atoms with Gasteiger partial charge in [-0.15, -0.1) is 0 Å². The summed E-state index contributed by atoms with van der Waals surface area (Å²) in [4.78, 5) is 5.17. The Hall–Kier alpha value is -4.93. The fourth-order valence-electron chi connectivity index (χ4n) is 6.01. The Labute approximate surface area is 290 Å². The van der Waals surface area contributed by atoms with Gasteiger partial charge in [0.25, 0.3) is 0 Å². The highest BCUT2D eigenvalue weighted by molar-refractivity contribution is 5.75. The van der Waals surface area contributed by atoms with Gasteiger partial charge in [0.2, 0.25) is 0 Å². The summed E-state index contributed by atoms with van der Waals surface area (Å²) >= 11 is 0. The van der Waals surface area contributed by atoms with E-state index in [9.17, 15) is 0 Å². The third-order valence-corrected chi connectivity index (χ3v) is 8.15. The van der Waals surface area contributed by atoms with E-state index < -0.39 is 0 Å². The number of nitrogens with zero attached hydrogens (tertiary/aromatic N) is 3. The topological polar surface area (TPSA) is 9.49 Å². The van der Waals surface area contributed by atoms with E-state index in [1.165, 1.54) is 39.3 Å². The first-order valence-electron chi connectivity index (χ1n) is 16.2. The smallest absolute Gasteiger partial charge is 0.352 e. The Morgan fingerprint density at radius 3 is 0.766 bits per heavy atom. The molecular formula is C43H42BrN3. The summed E-state index contributed by atoms with van der Waals surface area (Å²) in [7, 11) is 0. The summed E-state index contributed by atoms with van der Waals surface area (Å²) in [6.45, 7) is 4.70. The molecule has 0 aromatic heterocycles. The minimum atomic E-state index is 0. The van der Waals surface area contributed by atoms with Gasteiger partial charge in [0.05, 0.1) is 39.3 Å². The second-order valence-corrected chi connectivity index (χ2v) is 11.8. The average molecular weight is 681 g/mol. The van der Waals surface area contributed by atoms with E-state index in [2.05, 4.69) is 196 Å². The normalized spacial score (nSPS) is 10.5. The van der Waals surface area contributed by atoms with Crippen LogP contribution in [0.2, 0.25) is 0 Å². The molecule has 4 heteroatoms. The van der Waals surface area contributed by atoms with Gasteiger partial charge >= 0.3 is 5.96 Å². The lowest BCUT2D eigenvalue weighted by Gasteiger charge is -2.32. The molecule has 0 amide bonds. The monoisotopic (exact) mass is 679 g/mol. The van der Waals surface area contributed by atoms with E-state index in [4.69, 9.17) is 0 Å².